The van der Waals surface area contributed by atoms with Crippen LogP contribution in [-0.4, -0.2) is 24.8 Å². The van der Waals surface area contributed by atoms with Gasteiger partial charge >= 0.3 is 5.97 Å². The first-order valence-electron chi connectivity index (χ1n) is 5.75. The lowest BCUT2D eigenvalue weighted by molar-refractivity contribution is -0.158. The van der Waals surface area contributed by atoms with Gasteiger partial charge in [-0.05, 0) is 25.2 Å². The monoisotopic (exact) mass is 226 g/mol. The molecule has 0 bridgehead atoms. The minimum atomic E-state index is -0.335. The fourth-order valence-corrected chi connectivity index (χ4v) is 1.92. The summed E-state index contributed by atoms with van der Waals surface area (Å²) in [6, 6.07) is 0. The normalized spacial score (nSPS) is 25.5. The average Bonchev–Trinajstić information content (AvgIpc) is 2.62. The number of hydrogen-bond acceptors (Lipinski definition) is 3. The van der Waals surface area contributed by atoms with Gasteiger partial charge in [-0.3, -0.25) is 0 Å². The first-order valence-corrected chi connectivity index (χ1v) is 5.75. The molecule has 1 unspecified atom stereocenters. The molecular weight excluding hydrogens is 204 g/mol. The molecule has 0 aromatic heterocycles. The van der Waals surface area contributed by atoms with Gasteiger partial charge in [-0.1, -0.05) is 27.4 Å². The van der Waals surface area contributed by atoms with Crippen LogP contribution in [0.3, 0.4) is 0 Å². The summed E-state index contributed by atoms with van der Waals surface area (Å²) in [5, 5.41) is 0. The van der Waals surface area contributed by atoms with Gasteiger partial charge in [-0.25, -0.2) is 4.79 Å². The van der Waals surface area contributed by atoms with Gasteiger partial charge in [0.2, 0.25) is 0 Å². The van der Waals surface area contributed by atoms with Crippen LogP contribution in [0.4, 0.5) is 0 Å². The topological polar surface area (TPSA) is 35.5 Å². The molecule has 3 heteroatoms. The lowest BCUT2D eigenvalue weighted by atomic mass is 9.75. The molecule has 0 spiro atoms. The number of rotatable bonds is 3. The van der Waals surface area contributed by atoms with Crippen LogP contribution < -0.4 is 0 Å². The molecule has 0 N–H and O–H groups in total. The van der Waals surface area contributed by atoms with Gasteiger partial charge in [0.1, 0.15) is 12.2 Å². The van der Waals surface area contributed by atoms with Crippen molar-refractivity contribution in [2.45, 2.75) is 46.1 Å². The van der Waals surface area contributed by atoms with Crippen molar-refractivity contribution in [2.24, 2.45) is 5.41 Å². The van der Waals surface area contributed by atoms with Crippen LogP contribution in [0.15, 0.2) is 12.2 Å². The maximum Gasteiger partial charge on any atom is 0.333 e. The summed E-state index contributed by atoms with van der Waals surface area (Å²) < 4.78 is 11.1. The molecule has 1 atom stereocenters. The molecule has 1 heterocycles. The van der Waals surface area contributed by atoms with E-state index in [9.17, 15) is 4.79 Å². The Labute approximate surface area is 97.8 Å². The predicted molar refractivity (Wildman–Crippen MR) is 63.1 cm³/mol. The smallest absolute Gasteiger partial charge is 0.333 e. The number of hydrogen-bond donors (Lipinski definition) is 0. The van der Waals surface area contributed by atoms with Crippen LogP contribution in [0.1, 0.15) is 40.5 Å². The highest BCUT2D eigenvalue weighted by atomic mass is 16.6. The minimum absolute atomic E-state index is 0.0289. The van der Waals surface area contributed by atoms with Gasteiger partial charge in [-0.15, -0.1) is 0 Å². The summed E-state index contributed by atoms with van der Waals surface area (Å²) >= 11 is 0. The molecule has 1 saturated heterocycles. The molecule has 1 aliphatic heterocycles. The Morgan fingerprint density at radius 1 is 1.50 bits per heavy atom. The fraction of sp³-hybridized carbons (Fsp3) is 0.769. The van der Waals surface area contributed by atoms with E-state index < -0.39 is 0 Å². The van der Waals surface area contributed by atoms with E-state index in [0.717, 1.165) is 19.4 Å². The third kappa shape index (κ3) is 2.64. The summed E-state index contributed by atoms with van der Waals surface area (Å²) in [6.45, 7) is 12.7. The van der Waals surface area contributed by atoms with Crippen LogP contribution in [0, 0.1) is 5.41 Å². The maximum atomic E-state index is 11.4. The van der Waals surface area contributed by atoms with E-state index in [0.29, 0.717) is 12.2 Å². The Hall–Kier alpha value is -0.830. The number of esters is 1. The molecule has 1 rings (SSSR count). The van der Waals surface area contributed by atoms with E-state index in [1.807, 2.05) is 0 Å². The van der Waals surface area contributed by atoms with Crippen molar-refractivity contribution in [2.75, 3.05) is 13.2 Å². The largest absolute Gasteiger partial charge is 0.459 e. The molecule has 0 aromatic carbocycles. The third-order valence-corrected chi connectivity index (χ3v) is 3.26. The number of carbonyl (C=O) groups is 1. The highest BCUT2D eigenvalue weighted by Crippen LogP contribution is 2.41. The van der Waals surface area contributed by atoms with Crippen molar-refractivity contribution in [3.8, 4) is 0 Å². The summed E-state index contributed by atoms with van der Waals surface area (Å²) in [4.78, 5) is 11.4. The molecular formula is C13H22O3. The van der Waals surface area contributed by atoms with E-state index in [1.165, 1.54) is 0 Å². The predicted octanol–water partition coefficient (Wildman–Crippen LogP) is 2.70. The van der Waals surface area contributed by atoms with Crippen LogP contribution in [0.5, 0.6) is 0 Å². The zero-order valence-electron chi connectivity index (χ0n) is 10.8. The van der Waals surface area contributed by atoms with Gasteiger partial charge in [0.15, 0.2) is 0 Å². The Bertz CT molecular complexity index is 280. The van der Waals surface area contributed by atoms with Crippen molar-refractivity contribution in [3.05, 3.63) is 12.2 Å². The second-order valence-corrected chi connectivity index (χ2v) is 5.55. The summed E-state index contributed by atoms with van der Waals surface area (Å²) in [6.07, 6.45) is 1.97. The van der Waals surface area contributed by atoms with Crippen LogP contribution in [0.2, 0.25) is 0 Å². The van der Waals surface area contributed by atoms with Gasteiger partial charge in [0.25, 0.3) is 0 Å². The molecule has 0 aliphatic carbocycles. The average molecular weight is 226 g/mol. The minimum Gasteiger partial charge on any atom is -0.459 e. The van der Waals surface area contributed by atoms with E-state index in [1.54, 1.807) is 6.92 Å². The molecule has 0 radical (unpaired) electrons. The van der Waals surface area contributed by atoms with Crippen LogP contribution in [0.25, 0.3) is 0 Å². The molecule has 1 fully saturated rings. The lowest BCUT2D eigenvalue weighted by Crippen LogP contribution is -2.47. The molecule has 0 aromatic rings. The van der Waals surface area contributed by atoms with E-state index in [2.05, 4.69) is 27.4 Å². The second kappa shape index (κ2) is 4.58. The Morgan fingerprint density at radius 2 is 2.12 bits per heavy atom. The summed E-state index contributed by atoms with van der Waals surface area (Å²) in [7, 11) is 0. The molecule has 92 valence electrons. The molecule has 0 saturated carbocycles. The van der Waals surface area contributed by atoms with Crippen molar-refractivity contribution in [3.63, 3.8) is 0 Å². The molecule has 1 aliphatic rings. The Morgan fingerprint density at radius 3 is 2.50 bits per heavy atom. The Kier molecular flexibility index (Phi) is 3.79. The second-order valence-electron chi connectivity index (χ2n) is 5.55. The fourth-order valence-electron chi connectivity index (χ4n) is 1.92. The van der Waals surface area contributed by atoms with Gasteiger partial charge in [-0.2, -0.15) is 0 Å². The SMILES string of the molecule is C=C(C)C(=O)OCC1(C(C)(C)C)CCCO1. The first-order chi connectivity index (χ1) is 7.28. The third-order valence-electron chi connectivity index (χ3n) is 3.26. The first kappa shape index (κ1) is 13.2. The van der Waals surface area contributed by atoms with Crippen LogP contribution in [-0.2, 0) is 14.3 Å². The molecule has 0 amide bonds. The quantitative estimate of drug-likeness (QED) is 0.548. The summed E-state index contributed by atoms with van der Waals surface area (Å²) in [5.74, 6) is -0.334. The van der Waals surface area contributed by atoms with Crippen LogP contribution >= 0.6 is 0 Å². The van der Waals surface area contributed by atoms with E-state index >= 15 is 0 Å². The van der Waals surface area contributed by atoms with Gasteiger partial charge < -0.3 is 9.47 Å². The van der Waals surface area contributed by atoms with Gasteiger partial charge in [0.05, 0.1) is 0 Å². The Balaban J connectivity index is 2.67. The standard InChI is InChI=1S/C13H22O3/c1-10(2)11(14)15-9-13(12(3,4)5)7-6-8-16-13/h1,6-9H2,2-5H3. The van der Waals surface area contributed by atoms with E-state index in [-0.39, 0.29) is 17.0 Å². The van der Waals surface area contributed by atoms with Crippen molar-refractivity contribution in [1.82, 2.24) is 0 Å². The zero-order chi connectivity index (χ0) is 12.4. The maximum absolute atomic E-state index is 11.4. The lowest BCUT2D eigenvalue weighted by Gasteiger charge is -2.40. The van der Waals surface area contributed by atoms with Crippen molar-refractivity contribution >= 4 is 5.97 Å². The highest BCUT2D eigenvalue weighted by Gasteiger charge is 2.46. The highest BCUT2D eigenvalue weighted by molar-refractivity contribution is 5.86. The molecule has 16 heavy (non-hydrogen) atoms. The number of carbonyl (C=O) groups excluding carboxylic acids is 1. The summed E-state index contributed by atoms with van der Waals surface area (Å²) in [5.41, 5.74) is 0.0683. The van der Waals surface area contributed by atoms with Crippen molar-refractivity contribution < 1.29 is 14.3 Å². The zero-order valence-corrected chi connectivity index (χ0v) is 10.8. The van der Waals surface area contributed by atoms with E-state index in [4.69, 9.17) is 9.47 Å². The number of ether oxygens (including phenoxy) is 2. The van der Waals surface area contributed by atoms with Crippen molar-refractivity contribution in [1.29, 1.82) is 0 Å². The molecule has 3 nitrogen and oxygen atoms in total. The van der Waals surface area contributed by atoms with Gasteiger partial charge in [0, 0.05) is 12.2 Å².